The fraction of sp³-hybridized carbons (Fsp3) is 0.310. The molecule has 0 radical (unpaired) electrons. The molecule has 1 saturated heterocycles. The van der Waals surface area contributed by atoms with Crippen LogP contribution in [0.4, 0.5) is 0 Å². The third kappa shape index (κ3) is 6.21. The molecule has 9 heteroatoms. The maximum absolute atomic E-state index is 13.1. The van der Waals surface area contributed by atoms with Gasteiger partial charge in [0, 0.05) is 37.4 Å². The number of piperidine rings is 1. The fourth-order valence-corrected chi connectivity index (χ4v) is 4.77. The Morgan fingerprint density at radius 2 is 1.84 bits per heavy atom. The van der Waals surface area contributed by atoms with Gasteiger partial charge in [-0.05, 0) is 60.4 Å². The molecule has 1 aliphatic rings. The molecule has 1 aromatic heterocycles. The molecule has 0 unspecified atom stereocenters. The van der Waals surface area contributed by atoms with Crippen LogP contribution in [0.15, 0.2) is 78.0 Å². The van der Waals surface area contributed by atoms with Crippen molar-refractivity contribution >= 4 is 11.9 Å². The van der Waals surface area contributed by atoms with Gasteiger partial charge in [0.1, 0.15) is 11.5 Å². The van der Waals surface area contributed by atoms with Crippen LogP contribution in [-0.2, 0) is 12.0 Å². The van der Waals surface area contributed by atoms with Crippen molar-refractivity contribution in [3.63, 3.8) is 0 Å². The van der Waals surface area contributed by atoms with Gasteiger partial charge in [0.05, 0.1) is 26.3 Å². The summed E-state index contributed by atoms with van der Waals surface area (Å²) in [5.41, 5.74) is 2.28. The van der Waals surface area contributed by atoms with Crippen LogP contribution in [0.3, 0.4) is 0 Å². The predicted octanol–water partition coefficient (Wildman–Crippen LogP) is 3.49. The van der Waals surface area contributed by atoms with Crippen LogP contribution in [0, 0.1) is 11.5 Å². The molecule has 2 aromatic carbocycles. The van der Waals surface area contributed by atoms with Gasteiger partial charge in [-0.15, -0.1) is 0 Å². The van der Waals surface area contributed by atoms with Crippen molar-refractivity contribution in [3.05, 3.63) is 89.7 Å². The zero-order chi connectivity index (χ0) is 26.8. The van der Waals surface area contributed by atoms with E-state index in [4.69, 9.17) is 9.47 Å². The molecular formula is C29H32N6O3. The number of benzene rings is 2. The number of nitrogens with zero attached hydrogens (tertiary/aromatic N) is 4. The van der Waals surface area contributed by atoms with E-state index < -0.39 is 0 Å². The van der Waals surface area contributed by atoms with E-state index in [2.05, 4.69) is 31.6 Å². The first-order chi connectivity index (χ1) is 18.6. The number of rotatable bonds is 8. The van der Waals surface area contributed by atoms with Crippen molar-refractivity contribution in [1.29, 1.82) is 5.26 Å². The molecule has 1 amide bonds. The zero-order valence-electron chi connectivity index (χ0n) is 21.7. The van der Waals surface area contributed by atoms with Gasteiger partial charge >= 0.3 is 0 Å². The first-order valence-electron chi connectivity index (χ1n) is 12.5. The number of aromatic nitrogens is 1. The Morgan fingerprint density at radius 1 is 1.08 bits per heavy atom. The molecule has 4 rings (SSSR count). The van der Waals surface area contributed by atoms with Crippen LogP contribution in [0.25, 0.3) is 0 Å². The number of hydrogen-bond donors (Lipinski definition) is 2. The number of nitrogens with one attached hydrogen (secondary N) is 2. The van der Waals surface area contributed by atoms with Crippen molar-refractivity contribution in [1.82, 2.24) is 20.5 Å². The van der Waals surface area contributed by atoms with E-state index in [9.17, 15) is 10.1 Å². The monoisotopic (exact) mass is 512 g/mol. The van der Waals surface area contributed by atoms with Gasteiger partial charge in [-0.1, -0.05) is 24.3 Å². The van der Waals surface area contributed by atoms with E-state index >= 15 is 0 Å². The zero-order valence-corrected chi connectivity index (χ0v) is 21.7. The van der Waals surface area contributed by atoms with E-state index in [0.717, 1.165) is 29.7 Å². The Hall–Kier alpha value is -4.58. The number of nitriles is 1. The number of para-hydroxylation sites is 1. The summed E-state index contributed by atoms with van der Waals surface area (Å²) in [5.74, 6) is 1.67. The van der Waals surface area contributed by atoms with Crippen molar-refractivity contribution in [3.8, 4) is 17.7 Å². The number of likely N-dealkylation sites (tertiary alicyclic amines) is 1. The number of guanidine groups is 1. The molecule has 1 aliphatic heterocycles. The maximum atomic E-state index is 13.1. The van der Waals surface area contributed by atoms with Crippen molar-refractivity contribution in [2.45, 2.75) is 24.8 Å². The number of amides is 1. The molecule has 0 atom stereocenters. The summed E-state index contributed by atoms with van der Waals surface area (Å²) in [5, 5.41) is 15.3. The summed E-state index contributed by atoms with van der Waals surface area (Å²) < 4.78 is 10.9. The van der Waals surface area contributed by atoms with Crippen LogP contribution < -0.4 is 20.1 Å². The Kier molecular flexibility index (Phi) is 8.77. The minimum Gasteiger partial charge on any atom is -0.497 e. The molecule has 0 aliphatic carbocycles. The molecule has 38 heavy (non-hydrogen) atoms. The number of carbonyl (C=O) groups is 1. The highest BCUT2D eigenvalue weighted by Gasteiger charge is 2.38. The van der Waals surface area contributed by atoms with E-state index in [1.165, 1.54) is 0 Å². The highest BCUT2D eigenvalue weighted by atomic mass is 16.5. The molecule has 196 valence electrons. The quantitative estimate of drug-likeness (QED) is 0.206. The molecule has 2 heterocycles. The van der Waals surface area contributed by atoms with Gasteiger partial charge in [-0.25, -0.2) is 4.99 Å². The standard InChI is InChI=1S/C29H32N6O3/c1-37-24-7-5-6-23(18-24)29(20-33-27(36)25-8-3-4-9-26(25)38-2)12-16-35(17-13-29)28(34-21-30)32-19-22-10-14-31-15-11-22/h3-11,14-15,18H,12-13,16-17,19-20H2,1-2H3,(H,32,34)(H,33,36). The third-order valence-electron chi connectivity index (χ3n) is 6.97. The van der Waals surface area contributed by atoms with Crippen molar-refractivity contribution < 1.29 is 14.3 Å². The molecular weight excluding hydrogens is 480 g/mol. The SMILES string of the molecule is COc1cccc(C2(CNC(=O)c3ccccc3OC)CCN(C(=NCc3ccncc3)NC#N)CC2)c1. The number of carbonyl (C=O) groups excluding carboxylic acids is 1. The second-order valence-electron chi connectivity index (χ2n) is 9.11. The van der Waals surface area contributed by atoms with Crippen LogP contribution >= 0.6 is 0 Å². The van der Waals surface area contributed by atoms with Crippen LogP contribution in [0.2, 0.25) is 0 Å². The second kappa shape index (κ2) is 12.6. The molecule has 0 bridgehead atoms. The topological polar surface area (TPSA) is 112 Å². The number of hydrogen-bond acceptors (Lipinski definition) is 6. The van der Waals surface area contributed by atoms with E-state index in [1.54, 1.807) is 38.7 Å². The van der Waals surface area contributed by atoms with Crippen molar-refractivity contribution in [2.24, 2.45) is 4.99 Å². The van der Waals surface area contributed by atoms with E-state index in [0.29, 0.717) is 43.5 Å². The van der Waals surface area contributed by atoms with Gasteiger partial charge in [-0.2, -0.15) is 5.26 Å². The Balaban J connectivity index is 1.54. The van der Waals surface area contributed by atoms with Gasteiger partial charge < -0.3 is 19.7 Å². The highest BCUT2D eigenvalue weighted by molar-refractivity contribution is 5.97. The van der Waals surface area contributed by atoms with Gasteiger partial charge in [-0.3, -0.25) is 15.1 Å². The van der Waals surface area contributed by atoms with Crippen LogP contribution in [-0.4, -0.2) is 55.6 Å². The predicted molar refractivity (Wildman–Crippen MR) is 145 cm³/mol. The first kappa shape index (κ1) is 26.5. The van der Waals surface area contributed by atoms with Crippen molar-refractivity contribution in [2.75, 3.05) is 33.9 Å². The average Bonchev–Trinajstić information content (AvgIpc) is 2.99. The van der Waals surface area contributed by atoms with Gasteiger partial charge in [0.2, 0.25) is 5.96 Å². The fourth-order valence-electron chi connectivity index (χ4n) is 4.77. The number of ether oxygens (including phenoxy) is 2. The second-order valence-corrected chi connectivity index (χ2v) is 9.11. The lowest BCUT2D eigenvalue weighted by atomic mass is 9.72. The normalized spacial score (nSPS) is 14.8. The lowest BCUT2D eigenvalue weighted by molar-refractivity contribution is 0.0929. The summed E-state index contributed by atoms with van der Waals surface area (Å²) >= 11 is 0. The average molecular weight is 513 g/mol. The maximum Gasteiger partial charge on any atom is 0.255 e. The lowest BCUT2D eigenvalue weighted by Crippen LogP contribution is -2.52. The number of methoxy groups -OCH3 is 2. The summed E-state index contributed by atoms with van der Waals surface area (Å²) in [6.07, 6.45) is 6.96. The van der Waals surface area contributed by atoms with Gasteiger partial charge in [0.15, 0.2) is 6.19 Å². The highest BCUT2D eigenvalue weighted by Crippen LogP contribution is 2.37. The first-order valence-corrected chi connectivity index (χ1v) is 12.5. The molecule has 0 spiro atoms. The Bertz CT molecular complexity index is 1300. The number of pyridine rings is 1. The van der Waals surface area contributed by atoms with E-state index in [1.807, 2.05) is 48.7 Å². The van der Waals surface area contributed by atoms with Gasteiger partial charge in [0.25, 0.3) is 5.91 Å². The molecule has 3 aromatic rings. The molecule has 2 N–H and O–H groups in total. The molecule has 1 fully saturated rings. The molecule has 9 nitrogen and oxygen atoms in total. The smallest absolute Gasteiger partial charge is 0.255 e. The third-order valence-corrected chi connectivity index (χ3v) is 6.97. The summed E-state index contributed by atoms with van der Waals surface area (Å²) in [6, 6.07) is 19.0. The minimum atomic E-state index is -0.328. The largest absolute Gasteiger partial charge is 0.497 e. The minimum absolute atomic E-state index is 0.182. The summed E-state index contributed by atoms with van der Waals surface area (Å²) in [7, 11) is 3.21. The Morgan fingerprint density at radius 3 is 2.55 bits per heavy atom. The summed E-state index contributed by atoms with van der Waals surface area (Å²) in [4.78, 5) is 23.9. The Labute approximate surface area is 223 Å². The number of aliphatic imine (C=N–C) groups is 1. The van der Waals surface area contributed by atoms with Crippen LogP contribution in [0.5, 0.6) is 11.5 Å². The summed E-state index contributed by atoms with van der Waals surface area (Å²) in [6.45, 7) is 2.20. The molecule has 0 saturated carbocycles. The lowest BCUT2D eigenvalue weighted by Gasteiger charge is -2.43. The van der Waals surface area contributed by atoms with E-state index in [-0.39, 0.29) is 11.3 Å². The van der Waals surface area contributed by atoms with Crippen LogP contribution in [0.1, 0.15) is 34.3 Å².